The first-order valence-corrected chi connectivity index (χ1v) is 5.80. The Balaban J connectivity index is 2.11. The quantitative estimate of drug-likeness (QED) is 0.812. The zero-order valence-corrected chi connectivity index (χ0v) is 9.78. The molecule has 2 rings (SSSR count). The van der Waals surface area contributed by atoms with Crippen LogP contribution in [0.25, 0.3) is 0 Å². The van der Waals surface area contributed by atoms with Gasteiger partial charge in [-0.05, 0) is 12.1 Å². The number of hydrogen-bond acceptors (Lipinski definition) is 3. The third-order valence-corrected chi connectivity index (χ3v) is 3.11. The number of ether oxygens (including phenoxy) is 1. The molecule has 0 amide bonds. The zero-order chi connectivity index (χ0) is 12.3. The SMILES string of the molecule is CC(C(=O)c1ccccc1F)C1COCCN1. The highest BCUT2D eigenvalue weighted by Crippen LogP contribution is 2.16. The number of Topliss-reactive ketones (excluding diaryl/α,β-unsaturated/α-hetero) is 1. The third-order valence-electron chi connectivity index (χ3n) is 3.11. The van der Waals surface area contributed by atoms with Crippen LogP contribution in [-0.4, -0.2) is 31.6 Å². The second kappa shape index (κ2) is 5.38. The summed E-state index contributed by atoms with van der Waals surface area (Å²) in [7, 11) is 0. The van der Waals surface area contributed by atoms with Crippen LogP contribution in [0.3, 0.4) is 0 Å². The maximum Gasteiger partial charge on any atom is 0.170 e. The minimum absolute atomic E-state index is 0.0316. The molecule has 0 saturated carbocycles. The molecule has 92 valence electrons. The Morgan fingerprint density at radius 3 is 2.94 bits per heavy atom. The van der Waals surface area contributed by atoms with Gasteiger partial charge < -0.3 is 10.1 Å². The second-order valence-corrected chi connectivity index (χ2v) is 4.27. The molecule has 0 spiro atoms. The molecule has 1 aromatic carbocycles. The topological polar surface area (TPSA) is 38.3 Å². The average molecular weight is 237 g/mol. The smallest absolute Gasteiger partial charge is 0.170 e. The second-order valence-electron chi connectivity index (χ2n) is 4.27. The van der Waals surface area contributed by atoms with Crippen molar-refractivity contribution in [2.24, 2.45) is 5.92 Å². The van der Waals surface area contributed by atoms with Gasteiger partial charge in [-0.2, -0.15) is 0 Å². The predicted molar refractivity (Wildman–Crippen MR) is 62.5 cm³/mol. The molecule has 0 aliphatic carbocycles. The number of carbonyl (C=O) groups is 1. The molecular weight excluding hydrogens is 221 g/mol. The monoisotopic (exact) mass is 237 g/mol. The summed E-state index contributed by atoms with van der Waals surface area (Å²) in [6.07, 6.45) is 0. The number of benzene rings is 1. The molecule has 1 saturated heterocycles. The summed E-state index contributed by atoms with van der Waals surface area (Å²) in [5.74, 6) is -0.917. The molecule has 1 N–H and O–H groups in total. The lowest BCUT2D eigenvalue weighted by atomic mass is 9.92. The van der Waals surface area contributed by atoms with Crippen LogP contribution in [-0.2, 0) is 4.74 Å². The third kappa shape index (κ3) is 2.70. The summed E-state index contributed by atoms with van der Waals surface area (Å²) in [5, 5.41) is 3.22. The van der Waals surface area contributed by atoms with E-state index in [4.69, 9.17) is 4.74 Å². The molecule has 1 aliphatic heterocycles. The Morgan fingerprint density at radius 1 is 1.53 bits per heavy atom. The highest BCUT2D eigenvalue weighted by molar-refractivity contribution is 5.98. The summed E-state index contributed by atoms with van der Waals surface area (Å²) < 4.78 is 18.8. The maximum absolute atomic E-state index is 13.5. The Labute approximate surface area is 100.0 Å². The van der Waals surface area contributed by atoms with E-state index >= 15 is 0 Å². The summed E-state index contributed by atoms with van der Waals surface area (Å²) in [6.45, 7) is 3.71. The maximum atomic E-state index is 13.5. The number of hydrogen-bond donors (Lipinski definition) is 1. The molecule has 1 heterocycles. The van der Waals surface area contributed by atoms with Crippen molar-refractivity contribution in [3.63, 3.8) is 0 Å². The van der Waals surface area contributed by atoms with Gasteiger partial charge in [0.15, 0.2) is 5.78 Å². The Kier molecular flexibility index (Phi) is 3.86. The van der Waals surface area contributed by atoms with Crippen LogP contribution < -0.4 is 5.32 Å². The molecule has 0 bridgehead atoms. The van der Waals surface area contributed by atoms with Crippen LogP contribution in [0.4, 0.5) is 4.39 Å². The Hall–Kier alpha value is -1.26. The van der Waals surface area contributed by atoms with E-state index in [0.717, 1.165) is 6.54 Å². The van der Waals surface area contributed by atoms with Crippen LogP contribution in [0.15, 0.2) is 24.3 Å². The van der Waals surface area contributed by atoms with Crippen LogP contribution in [0.5, 0.6) is 0 Å². The van der Waals surface area contributed by atoms with E-state index in [1.165, 1.54) is 12.1 Å². The van der Waals surface area contributed by atoms with Gasteiger partial charge in [0, 0.05) is 18.5 Å². The van der Waals surface area contributed by atoms with E-state index in [9.17, 15) is 9.18 Å². The van der Waals surface area contributed by atoms with Gasteiger partial charge in [-0.3, -0.25) is 4.79 Å². The minimum atomic E-state index is -0.457. The van der Waals surface area contributed by atoms with E-state index in [1.807, 2.05) is 0 Å². The van der Waals surface area contributed by atoms with E-state index in [-0.39, 0.29) is 23.3 Å². The van der Waals surface area contributed by atoms with Crippen molar-refractivity contribution in [3.05, 3.63) is 35.6 Å². The average Bonchev–Trinajstić information content (AvgIpc) is 2.39. The van der Waals surface area contributed by atoms with Crippen molar-refractivity contribution in [1.29, 1.82) is 0 Å². The van der Waals surface area contributed by atoms with Crippen LogP contribution >= 0.6 is 0 Å². The Morgan fingerprint density at radius 2 is 2.29 bits per heavy atom. The van der Waals surface area contributed by atoms with Crippen molar-refractivity contribution in [1.82, 2.24) is 5.32 Å². The number of carbonyl (C=O) groups excluding carboxylic acids is 1. The normalized spacial score (nSPS) is 22.1. The van der Waals surface area contributed by atoms with Gasteiger partial charge in [0.05, 0.1) is 18.8 Å². The lowest BCUT2D eigenvalue weighted by Gasteiger charge is -2.28. The molecular formula is C13H16FNO2. The van der Waals surface area contributed by atoms with Crippen LogP contribution in [0.1, 0.15) is 17.3 Å². The highest BCUT2D eigenvalue weighted by atomic mass is 19.1. The van der Waals surface area contributed by atoms with Crippen molar-refractivity contribution in [2.45, 2.75) is 13.0 Å². The van der Waals surface area contributed by atoms with Gasteiger partial charge in [0.1, 0.15) is 5.82 Å². The van der Waals surface area contributed by atoms with Gasteiger partial charge >= 0.3 is 0 Å². The first kappa shape index (κ1) is 12.2. The summed E-state index contributed by atoms with van der Waals surface area (Å²) >= 11 is 0. The van der Waals surface area contributed by atoms with Gasteiger partial charge in [0.2, 0.25) is 0 Å². The van der Waals surface area contributed by atoms with Crippen molar-refractivity contribution < 1.29 is 13.9 Å². The molecule has 0 radical (unpaired) electrons. The first-order chi connectivity index (χ1) is 8.20. The largest absolute Gasteiger partial charge is 0.378 e. The molecule has 2 unspecified atom stereocenters. The highest BCUT2D eigenvalue weighted by Gasteiger charge is 2.27. The van der Waals surface area contributed by atoms with Gasteiger partial charge in [-0.15, -0.1) is 0 Å². The molecule has 3 nitrogen and oxygen atoms in total. The summed E-state index contributed by atoms with van der Waals surface area (Å²) in [5.41, 5.74) is 0.160. The Bertz CT molecular complexity index is 402. The number of rotatable bonds is 3. The molecule has 1 aliphatic rings. The van der Waals surface area contributed by atoms with Crippen LogP contribution in [0, 0.1) is 11.7 Å². The molecule has 17 heavy (non-hydrogen) atoms. The number of nitrogens with one attached hydrogen (secondary N) is 1. The van der Waals surface area contributed by atoms with E-state index in [0.29, 0.717) is 13.2 Å². The molecule has 1 aromatic rings. The van der Waals surface area contributed by atoms with E-state index in [1.54, 1.807) is 19.1 Å². The molecule has 2 atom stereocenters. The van der Waals surface area contributed by atoms with E-state index < -0.39 is 5.82 Å². The predicted octanol–water partition coefficient (Wildman–Crippen LogP) is 1.63. The van der Waals surface area contributed by atoms with Gasteiger partial charge in [-0.1, -0.05) is 19.1 Å². The number of halogens is 1. The van der Waals surface area contributed by atoms with Crippen molar-refractivity contribution in [2.75, 3.05) is 19.8 Å². The number of ketones is 1. The van der Waals surface area contributed by atoms with Gasteiger partial charge in [-0.25, -0.2) is 4.39 Å². The molecule has 4 heteroatoms. The fraction of sp³-hybridized carbons (Fsp3) is 0.462. The molecule has 1 fully saturated rings. The molecule has 0 aromatic heterocycles. The van der Waals surface area contributed by atoms with Gasteiger partial charge in [0.25, 0.3) is 0 Å². The van der Waals surface area contributed by atoms with Crippen molar-refractivity contribution in [3.8, 4) is 0 Å². The minimum Gasteiger partial charge on any atom is -0.378 e. The zero-order valence-electron chi connectivity index (χ0n) is 9.78. The van der Waals surface area contributed by atoms with E-state index in [2.05, 4.69) is 5.32 Å². The lowest BCUT2D eigenvalue weighted by Crippen LogP contribution is -2.47. The van der Waals surface area contributed by atoms with Crippen molar-refractivity contribution >= 4 is 5.78 Å². The standard InChI is InChI=1S/C13H16FNO2/c1-9(12-8-17-7-6-15-12)13(16)10-4-2-3-5-11(10)14/h2-5,9,12,15H,6-8H2,1H3. The fourth-order valence-electron chi connectivity index (χ4n) is 2.00. The first-order valence-electron chi connectivity index (χ1n) is 5.80. The van der Waals surface area contributed by atoms with Crippen LogP contribution in [0.2, 0.25) is 0 Å². The lowest BCUT2D eigenvalue weighted by molar-refractivity contribution is 0.0529. The summed E-state index contributed by atoms with van der Waals surface area (Å²) in [4.78, 5) is 12.1. The number of morpholine rings is 1. The fourth-order valence-corrected chi connectivity index (χ4v) is 2.00. The summed E-state index contributed by atoms with van der Waals surface area (Å²) in [6, 6.07) is 6.06.